The van der Waals surface area contributed by atoms with Crippen molar-refractivity contribution in [2.75, 3.05) is 11.4 Å². The number of nitrogens with two attached hydrogens (primary N) is 1. The lowest BCUT2D eigenvalue weighted by Gasteiger charge is -2.30. The van der Waals surface area contributed by atoms with E-state index in [1.165, 1.54) is 18.3 Å². The van der Waals surface area contributed by atoms with Gasteiger partial charge in [-0.3, -0.25) is 0 Å². The molecule has 3 heterocycles. The molecule has 1 saturated carbocycles. The normalized spacial score (nSPS) is 36.3. The predicted octanol–water partition coefficient (Wildman–Crippen LogP) is -1.22. The molecule has 0 spiro atoms. The number of pyridine rings is 1. The number of piperidine rings is 1. The minimum Gasteiger partial charge on any atom is -0.378 e. The number of fused-ring (bicyclic) bond motifs is 1. The average Bonchev–Trinajstić information content (AvgIpc) is 3.30. The molecule has 26 heavy (non-hydrogen) atoms. The van der Waals surface area contributed by atoms with Gasteiger partial charge < -0.3 is 30.3 Å². The summed E-state index contributed by atoms with van der Waals surface area (Å²) in [4.78, 5) is 41.4. The smallest absolute Gasteiger partial charge is 0.378 e. The van der Waals surface area contributed by atoms with Crippen LogP contribution in [0.5, 0.6) is 0 Å². The van der Waals surface area contributed by atoms with Crippen LogP contribution >= 0.6 is 0 Å². The minimum absolute atomic E-state index is 0.0775. The van der Waals surface area contributed by atoms with E-state index in [9.17, 15) is 24.6 Å². The molecule has 1 aromatic rings. The maximum absolute atomic E-state index is 12.2. The van der Waals surface area contributed by atoms with E-state index >= 15 is 0 Å². The lowest BCUT2D eigenvalue weighted by Crippen LogP contribution is -2.50. The first-order valence-corrected chi connectivity index (χ1v) is 8.19. The molecular weight excluding hydrogens is 346 g/mol. The number of aliphatic hydroxyl groups excluding tert-OH is 1. The number of rotatable bonds is 3. The van der Waals surface area contributed by atoms with Crippen molar-refractivity contribution in [3.63, 3.8) is 0 Å². The van der Waals surface area contributed by atoms with Gasteiger partial charge in [0.15, 0.2) is 6.10 Å². The fraction of sp³-hybridized carbons (Fsp3) is 0.500. The molecule has 3 fully saturated rings. The Hall–Kier alpha value is -2.56. The highest BCUT2D eigenvalue weighted by Crippen LogP contribution is 2.49. The van der Waals surface area contributed by atoms with Gasteiger partial charge in [0.2, 0.25) is 5.60 Å². The van der Waals surface area contributed by atoms with E-state index in [1.54, 1.807) is 0 Å². The summed E-state index contributed by atoms with van der Waals surface area (Å²) < 4.78 is 8.40. The van der Waals surface area contributed by atoms with Gasteiger partial charge in [-0.1, -0.05) is 0 Å². The van der Waals surface area contributed by atoms with Crippen molar-refractivity contribution in [2.24, 2.45) is 11.7 Å². The van der Waals surface area contributed by atoms with Crippen molar-refractivity contribution in [1.82, 2.24) is 4.98 Å². The number of nitrogens with zero attached hydrogens (tertiary/aromatic N) is 2. The van der Waals surface area contributed by atoms with Crippen LogP contribution in [0.3, 0.4) is 0 Å². The number of anilines is 1. The van der Waals surface area contributed by atoms with E-state index in [4.69, 9.17) is 5.73 Å². The quantitative estimate of drug-likeness (QED) is 0.440. The third-order valence-electron chi connectivity index (χ3n) is 5.22. The molecule has 4 N–H and O–H groups in total. The van der Waals surface area contributed by atoms with E-state index in [0.29, 0.717) is 24.3 Å². The summed E-state index contributed by atoms with van der Waals surface area (Å²) in [5, 5.41) is 20.9. The van der Waals surface area contributed by atoms with Crippen LogP contribution in [-0.4, -0.2) is 58.0 Å². The third-order valence-corrected chi connectivity index (χ3v) is 5.22. The van der Waals surface area contributed by atoms with E-state index in [0.717, 1.165) is 12.8 Å². The van der Waals surface area contributed by atoms with Gasteiger partial charge in [0.1, 0.15) is 5.82 Å². The predicted molar refractivity (Wildman–Crippen MR) is 83.6 cm³/mol. The Kier molecular flexibility index (Phi) is 3.72. The first-order chi connectivity index (χ1) is 12.4. The molecule has 10 heteroatoms. The van der Waals surface area contributed by atoms with Crippen LogP contribution in [0, 0.1) is 5.92 Å². The highest BCUT2D eigenvalue weighted by atomic mass is 16.8. The second-order valence-corrected chi connectivity index (χ2v) is 6.73. The molecule has 3 aliphatic rings. The van der Waals surface area contributed by atoms with Crippen molar-refractivity contribution in [3.05, 3.63) is 23.9 Å². The lowest BCUT2D eigenvalue weighted by atomic mass is 9.88. The molecule has 5 atom stereocenters. The van der Waals surface area contributed by atoms with Gasteiger partial charge in [-0.25, -0.2) is 19.4 Å². The molecule has 0 bridgehead atoms. The van der Waals surface area contributed by atoms with Crippen LogP contribution in [0.25, 0.3) is 0 Å². The first-order valence-electron chi connectivity index (χ1n) is 8.19. The molecule has 0 aromatic carbocycles. The molecule has 2 aliphatic heterocycles. The zero-order chi connectivity index (χ0) is 18.6. The van der Waals surface area contributed by atoms with E-state index in [-0.39, 0.29) is 11.6 Å². The number of carbonyl (C=O) groups excluding carboxylic acids is 3. The molecule has 1 aliphatic carbocycles. The Bertz CT molecular complexity index is 800. The number of esters is 2. The zero-order valence-corrected chi connectivity index (χ0v) is 13.6. The molecule has 10 nitrogen and oxygen atoms in total. The van der Waals surface area contributed by atoms with Gasteiger partial charge in [-0.2, -0.15) is 0 Å². The molecular formula is C16H17N3O7. The van der Waals surface area contributed by atoms with Crippen LogP contribution in [-0.2, 0) is 24.7 Å². The first kappa shape index (κ1) is 16.9. The highest BCUT2D eigenvalue weighted by Gasteiger charge is 2.56. The molecule has 138 valence electrons. The third kappa shape index (κ3) is 2.37. The maximum atomic E-state index is 12.2. The summed E-state index contributed by atoms with van der Waals surface area (Å²) >= 11 is 0. The average molecular weight is 363 g/mol. The van der Waals surface area contributed by atoms with Crippen molar-refractivity contribution >= 4 is 23.9 Å². The number of aromatic nitrogens is 1. The Morgan fingerprint density at radius 2 is 2.08 bits per heavy atom. The number of cyclic esters (lactones) is 4. The summed E-state index contributed by atoms with van der Waals surface area (Å²) in [5.41, 5.74) is 2.90. The van der Waals surface area contributed by atoms with Crippen molar-refractivity contribution in [3.8, 4) is 0 Å². The number of carbonyl (C=O) groups is 3. The molecule has 5 unspecified atom stereocenters. The van der Waals surface area contributed by atoms with Crippen LogP contribution in [0.15, 0.2) is 18.3 Å². The van der Waals surface area contributed by atoms with Gasteiger partial charge in [0.25, 0.3) is 0 Å². The van der Waals surface area contributed by atoms with Crippen molar-refractivity contribution < 1.29 is 34.1 Å². The van der Waals surface area contributed by atoms with Crippen LogP contribution in [0.4, 0.5) is 10.6 Å². The lowest BCUT2D eigenvalue weighted by molar-refractivity contribution is -0.176. The second-order valence-electron chi connectivity index (χ2n) is 6.73. The summed E-state index contributed by atoms with van der Waals surface area (Å²) in [6.07, 6.45) is -0.646. The second kappa shape index (κ2) is 5.73. The fourth-order valence-electron chi connectivity index (χ4n) is 3.79. The Morgan fingerprint density at radius 1 is 1.31 bits per heavy atom. The number of hydrogen-bond donors (Lipinski definition) is 3. The Morgan fingerprint density at radius 3 is 2.81 bits per heavy atom. The van der Waals surface area contributed by atoms with E-state index in [2.05, 4.69) is 14.5 Å². The topological polar surface area (TPSA) is 152 Å². The molecule has 1 aromatic heterocycles. The monoisotopic (exact) mass is 363 g/mol. The standard InChI is InChI=1S/C16H17N3O7/c17-6-9-3-7-4-10(7)19(9)11-5-8(1-2-18-11)16(24)12(20)13(21)25-15(23)26-14(16)22/h1-2,5,7,9-10,12,20,24H,3-4,6,17H2. The summed E-state index contributed by atoms with van der Waals surface area (Å²) in [6, 6.07) is 3.01. The number of ether oxygens (including phenoxy) is 2. The largest absolute Gasteiger partial charge is 0.524 e. The highest BCUT2D eigenvalue weighted by molar-refractivity contribution is 6.00. The van der Waals surface area contributed by atoms with Crippen LogP contribution in [0.2, 0.25) is 0 Å². The fourth-order valence-corrected chi connectivity index (χ4v) is 3.79. The van der Waals surface area contributed by atoms with E-state index < -0.39 is 29.8 Å². The van der Waals surface area contributed by atoms with Crippen LogP contribution < -0.4 is 10.6 Å². The van der Waals surface area contributed by atoms with Gasteiger partial charge >= 0.3 is 18.1 Å². The van der Waals surface area contributed by atoms with Gasteiger partial charge in [-0.15, -0.1) is 0 Å². The molecule has 0 amide bonds. The van der Waals surface area contributed by atoms with Crippen molar-refractivity contribution in [2.45, 2.75) is 36.6 Å². The number of hydrogen-bond acceptors (Lipinski definition) is 10. The van der Waals surface area contributed by atoms with Gasteiger partial charge in [-0.05, 0) is 30.9 Å². The minimum atomic E-state index is -2.79. The van der Waals surface area contributed by atoms with Crippen molar-refractivity contribution in [1.29, 1.82) is 0 Å². The van der Waals surface area contributed by atoms with Gasteiger partial charge in [0, 0.05) is 30.4 Å². The summed E-state index contributed by atoms with van der Waals surface area (Å²) in [7, 11) is 0. The molecule has 4 rings (SSSR count). The number of aliphatic hydroxyl groups is 2. The van der Waals surface area contributed by atoms with Gasteiger partial charge in [0.05, 0.1) is 0 Å². The zero-order valence-electron chi connectivity index (χ0n) is 13.6. The summed E-state index contributed by atoms with van der Waals surface area (Å²) in [5.74, 6) is -1.98. The summed E-state index contributed by atoms with van der Waals surface area (Å²) in [6.45, 7) is 0.425. The van der Waals surface area contributed by atoms with Crippen LogP contribution in [0.1, 0.15) is 18.4 Å². The SMILES string of the molecule is NCC1CC2CC2N1c1cc(C2(O)C(=O)OC(=O)OC(=O)C2O)ccn1. The molecule has 0 radical (unpaired) electrons. The molecule has 2 saturated heterocycles. The van der Waals surface area contributed by atoms with E-state index in [1.807, 2.05) is 4.90 Å². The maximum Gasteiger partial charge on any atom is 0.524 e. The Balaban J connectivity index is 1.74. The Labute approximate surface area is 147 Å².